The van der Waals surface area contributed by atoms with Crippen LogP contribution in [0, 0.1) is 5.92 Å². The van der Waals surface area contributed by atoms with Gasteiger partial charge in [0, 0.05) is 12.5 Å². The number of carboxylic acids is 1. The largest absolute Gasteiger partial charge is 0.508 e. The summed E-state index contributed by atoms with van der Waals surface area (Å²) < 4.78 is 0. The molecule has 0 radical (unpaired) electrons. The quantitative estimate of drug-likeness (QED) is 0.630. The first kappa shape index (κ1) is 18.3. The van der Waals surface area contributed by atoms with E-state index in [0.717, 1.165) is 37.7 Å². The highest BCUT2D eigenvalue weighted by molar-refractivity contribution is 5.66. The Morgan fingerprint density at radius 3 is 2.41 bits per heavy atom. The highest BCUT2D eigenvalue weighted by atomic mass is 16.4. The van der Waals surface area contributed by atoms with Crippen molar-refractivity contribution in [1.82, 2.24) is 0 Å². The molecule has 0 fully saturated rings. The molecule has 4 heteroatoms. The molecule has 4 nitrogen and oxygen atoms in total. The third-order valence-electron chi connectivity index (χ3n) is 4.30. The number of carboxylic acid groups (broad SMARTS) is 1. The molecule has 0 bridgehead atoms. The van der Waals surface area contributed by atoms with Crippen molar-refractivity contribution in [3.63, 3.8) is 0 Å². The molecule has 1 aromatic rings. The van der Waals surface area contributed by atoms with Gasteiger partial charge in [0.25, 0.3) is 0 Å². The van der Waals surface area contributed by atoms with Crippen molar-refractivity contribution in [3.8, 4) is 11.5 Å². The fourth-order valence-corrected chi connectivity index (χ4v) is 2.87. The molecule has 124 valence electrons. The first-order valence-corrected chi connectivity index (χ1v) is 7.96. The minimum Gasteiger partial charge on any atom is -0.508 e. The Bertz CT molecular complexity index is 494. The zero-order valence-corrected chi connectivity index (χ0v) is 13.8. The summed E-state index contributed by atoms with van der Waals surface area (Å²) in [5.41, 5.74) is 0.697. The lowest BCUT2D eigenvalue weighted by Crippen LogP contribution is -2.17. The molecule has 0 saturated heterocycles. The van der Waals surface area contributed by atoms with Crippen LogP contribution >= 0.6 is 0 Å². The van der Waals surface area contributed by atoms with Gasteiger partial charge in [-0.3, -0.25) is 4.79 Å². The van der Waals surface area contributed by atoms with Crippen LogP contribution in [0.1, 0.15) is 64.9 Å². The highest BCUT2D eigenvalue weighted by Crippen LogP contribution is 2.37. The Morgan fingerprint density at radius 2 is 1.82 bits per heavy atom. The SMILES string of the molecule is CC(CCCC(=O)O)CCCC(C)(C)c1ccc(O)cc1O. The molecule has 1 aromatic carbocycles. The molecule has 1 atom stereocenters. The first-order chi connectivity index (χ1) is 10.2. The van der Waals surface area contributed by atoms with Gasteiger partial charge in [0.1, 0.15) is 11.5 Å². The van der Waals surface area contributed by atoms with E-state index in [2.05, 4.69) is 20.8 Å². The van der Waals surface area contributed by atoms with Gasteiger partial charge in [-0.15, -0.1) is 0 Å². The van der Waals surface area contributed by atoms with E-state index in [1.165, 1.54) is 6.07 Å². The van der Waals surface area contributed by atoms with Crippen LogP contribution in [-0.4, -0.2) is 21.3 Å². The molecule has 0 spiro atoms. The van der Waals surface area contributed by atoms with E-state index in [0.29, 0.717) is 5.92 Å². The summed E-state index contributed by atoms with van der Waals surface area (Å²) in [6.45, 7) is 6.34. The van der Waals surface area contributed by atoms with Crippen LogP contribution in [0.4, 0.5) is 0 Å². The maximum atomic E-state index is 10.5. The van der Waals surface area contributed by atoms with Crippen molar-refractivity contribution in [2.45, 2.75) is 64.7 Å². The molecular formula is C18H28O4. The van der Waals surface area contributed by atoms with Crippen LogP contribution in [0.2, 0.25) is 0 Å². The molecule has 22 heavy (non-hydrogen) atoms. The number of phenols is 2. The van der Waals surface area contributed by atoms with Crippen LogP contribution in [0.15, 0.2) is 18.2 Å². The number of rotatable bonds is 9. The fraction of sp³-hybridized carbons (Fsp3) is 0.611. The second-order valence-corrected chi connectivity index (χ2v) is 6.87. The van der Waals surface area contributed by atoms with Gasteiger partial charge >= 0.3 is 5.97 Å². The van der Waals surface area contributed by atoms with Crippen molar-refractivity contribution < 1.29 is 20.1 Å². The van der Waals surface area contributed by atoms with Crippen LogP contribution in [0.5, 0.6) is 11.5 Å². The second kappa shape index (κ2) is 8.06. The van der Waals surface area contributed by atoms with Crippen molar-refractivity contribution >= 4 is 5.97 Å². The smallest absolute Gasteiger partial charge is 0.303 e. The van der Waals surface area contributed by atoms with Gasteiger partial charge in [-0.25, -0.2) is 0 Å². The molecule has 0 heterocycles. The summed E-state index contributed by atoms with van der Waals surface area (Å²) in [6, 6.07) is 4.76. The summed E-state index contributed by atoms with van der Waals surface area (Å²) in [4.78, 5) is 10.5. The lowest BCUT2D eigenvalue weighted by atomic mass is 9.78. The normalized spacial score (nSPS) is 13.0. The third-order valence-corrected chi connectivity index (χ3v) is 4.30. The van der Waals surface area contributed by atoms with E-state index in [4.69, 9.17) is 5.11 Å². The number of benzene rings is 1. The summed E-state index contributed by atoms with van der Waals surface area (Å²) in [6.07, 6.45) is 4.95. The van der Waals surface area contributed by atoms with Gasteiger partial charge in [0.05, 0.1) is 0 Å². The maximum Gasteiger partial charge on any atom is 0.303 e. The third kappa shape index (κ3) is 5.96. The van der Waals surface area contributed by atoms with Crippen molar-refractivity contribution in [2.75, 3.05) is 0 Å². The molecule has 0 saturated carbocycles. The Morgan fingerprint density at radius 1 is 1.18 bits per heavy atom. The molecule has 0 amide bonds. The summed E-state index contributed by atoms with van der Waals surface area (Å²) >= 11 is 0. The minimum absolute atomic E-state index is 0.0732. The van der Waals surface area contributed by atoms with Gasteiger partial charge in [-0.2, -0.15) is 0 Å². The standard InChI is InChI=1S/C18H28O4/c1-13(6-4-8-17(21)22)7-5-11-18(2,3)15-10-9-14(19)12-16(15)20/h9-10,12-13,19-20H,4-8,11H2,1-3H3,(H,21,22). The zero-order chi connectivity index (χ0) is 16.8. The van der Waals surface area contributed by atoms with E-state index in [1.807, 2.05) is 0 Å². The van der Waals surface area contributed by atoms with Crippen LogP contribution in [0.25, 0.3) is 0 Å². The molecule has 3 N–H and O–H groups in total. The summed E-state index contributed by atoms with van der Waals surface area (Å²) in [5.74, 6) is 0.00307. The van der Waals surface area contributed by atoms with Gasteiger partial charge in [0.2, 0.25) is 0 Å². The maximum absolute atomic E-state index is 10.5. The predicted octanol–water partition coefficient (Wildman–Crippen LogP) is 4.44. The fourth-order valence-electron chi connectivity index (χ4n) is 2.87. The Labute approximate surface area is 132 Å². The van der Waals surface area contributed by atoms with Gasteiger partial charge in [-0.05, 0) is 35.8 Å². The molecule has 0 aliphatic rings. The highest BCUT2D eigenvalue weighted by Gasteiger charge is 2.23. The van der Waals surface area contributed by atoms with Crippen LogP contribution in [-0.2, 0) is 10.2 Å². The Kier molecular flexibility index (Phi) is 6.72. The molecule has 0 aliphatic heterocycles. The minimum atomic E-state index is -0.726. The molecule has 1 unspecified atom stereocenters. The average Bonchev–Trinajstić information content (AvgIpc) is 2.37. The van der Waals surface area contributed by atoms with Crippen molar-refractivity contribution in [1.29, 1.82) is 0 Å². The zero-order valence-electron chi connectivity index (χ0n) is 13.8. The van der Waals surface area contributed by atoms with E-state index < -0.39 is 5.97 Å². The lowest BCUT2D eigenvalue weighted by Gasteiger charge is -2.27. The van der Waals surface area contributed by atoms with E-state index in [-0.39, 0.29) is 23.3 Å². The predicted molar refractivity (Wildman–Crippen MR) is 87.3 cm³/mol. The van der Waals surface area contributed by atoms with Crippen LogP contribution < -0.4 is 0 Å². The number of aliphatic carboxylic acids is 1. The van der Waals surface area contributed by atoms with Crippen molar-refractivity contribution in [3.05, 3.63) is 23.8 Å². The van der Waals surface area contributed by atoms with Crippen molar-refractivity contribution in [2.24, 2.45) is 5.92 Å². The number of aromatic hydroxyl groups is 2. The topological polar surface area (TPSA) is 77.8 Å². The average molecular weight is 308 g/mol. The number of carbonyl (C=O) groups is 1. The molecular weight excluding hydrogens is 280 g/mol. The van der Waals surface area contributed by atoms with Gasteiger partial charge < -0.3 is 15.3 Å². The van der Waals surface area contributed by atoms with E-state index >= 15 is 0 Å². The van der Waals surface area contributed by atoms with Gasteiger partial charge in [-0.1, -0.05) is 46.1 Å². The summed E-state index contributed by atoms with van der Waals surface area (Å²) in [5, 5.41) is 28.0. The van der Waals surface area contributed by atoms with Crippen LogP contribution in [0.3, 0.4) is 0 Å². The Hall–Kier alpha value is -1.71. The molecule has 1 rings (SSSR count). The van der Waals surface area contributed by atoms with E-state index in [1.54, 1.807) is 12.1 Å². The number of hydrogen-bond donors (Lipinski definition) is 3. The number of phenolic OH excluding ortho intramolecular Hbond substituents is 2. The Balaban J connectivity index is 2.43. The first-order valence-electron chi connectivity index (χ1n) is 7.96. The number of hydrogen-bond acceptors (Lipinski definition) is 3. The van der Waals surface area contributed by atoms with E-state index in [9.17, 15) is 15.0 Å². The van der Waals surface area contributed by atoms with Gasteiger partial charge in [0.15, 0.2) is 0 Å². The second-order valence-electron chi connectivity index (χ2n) is 6.87. The lowest BCUT2D eigenvalue weighted by molar-refractivity contribution is -0.137. The summed E-state index contributed by atoms with van der Waals surface area (Å²) in [7, 11) is 0. The monoisotopic (exact) mass is 308 g/mol. The molecule has 0 aromatic heterocycles. The molecule has 0 aliphatic carbocycles.